The van der Waals surface area contributed by atoms with E-state index in [4.69, 9.17) is 19.3 Å². The minimum absolute atomic E-state index is 0.350. The van der Waals surface area contributed by atoms with Crippen molar-refractivity contribution in [3.8, 4) is 34.3 Å². The van der Waals surface area contributed by atoms with Crippen LogP contribution in [0.4, 0.5) is 0 Å². The summed E-state index contributed by atoms with van der Waals surface area (Å²) in [5, 5.41) is 22.0. The maximum absolute atomic E-state index is 9.53. The fraction of sp³-hybridized carbons (Fsp3) is 0.345. The molecule has 0 aliphatic carbocycles. The molecule has 204 valence electrons. The number of hydrogen-bond donors (Lipinski definition) is 2. The van der Waals surface area contributed by atoms with Gasteiger partial charge in [0.25, 0.3) is 0 Å². The van der Waals surface area contributed by atoms with Crippen LogP contribution in [0.25, 0.3) is 28.2 Å². The first-order valence-electron chi connectivity index (χ1n) is 12.9. The number of hydrogen-bond acceptors (Lipinski definition) is 7. The van der Waals surface area contributed by atoms with E-state index < -0.39 is 11.9 Å². The van der Waals surface area contributed by atoms with E-state index >= 15 is 0 Å². The Bertz CT molecular complexity index is 1480. The van der Waals surface area contributed by atoms with E-state index in [-0.39, 0.29) is 5.60 Å². The summed E-state index contributed by atoms with van der Waals surface area (Å²) in [5.74, 6) is 0.366. The number of benzene rings is 2. The molecule has 0 unspecified atom stereocenters. The Balaban J connectivity index is 0.000000339. The second-order valence-electron chi connectivity index (χ2n) is 10.2. The normalized spacial score (nSPS) is 16.6. The van der Waals surface area contributed by atoms with Crippen LogP contribution in [0.3, 0.4) is 0 Å². The number of aromatic amines is 1. The lowest BCUT2D eigenvalue weighted by atomic mass is 9.96. The van der Waals surface area contributed by atoms with Gasteiger partial charge < -0.3 is 29.2 Å². The Kier molecular flexibility index (Phi) is 7.05. The van der Waals surface area contributed by atoms with Crippen LogP contribution in [0.1, 0.15) is 32.3 Å². The molecule has 2 aromatic carbocycles. The standard InChI is InChI=1S/C25H27N3O3.C4H4O4/c1-25(2)10-9-16-20(31-25)15-18-21-22(26-28(18)14-13-27-11-4-5-12-27)17-7-6-8-19(29-3)23(17)30-24(16)21;5-3(6)1-2-4(7)8/h6-10,15H,4-5,11-14H2,1-3H3;1-2H,(H,5,6)(H,7,8)/b;2-1+. The Hall–Kier alpha value is -4.31. The van der Waals surface area contributed by atoms with Gasteiger partial charge in [0.05, 0.1) is 36.8 Å². The molecule has 1 saturated heterocycles. The molecule has 6 rings (SSSR count). The molecule has 0 spiro atoms. The number of nitrogens with one attached hydrogen (secondary N) is 1. The summed E-state index contributed by atoms with van der Waals surface area (Å²) < 4.78 is 20.7. The highest BCUT2D eigenvalue weighted by molar-refractivity contribution is 6.03. The van der Waals surface area contributed by atoms with E-state index in [1.54, 1.807) is 7.11 Å². The molecule has 0 bridgehead atoms. The minimum atomic E-state index is -1.51. The number of rotatable bonds is 6. The van der Waals surface area contributed by atoms with E-state index in [9.17, 15) is 14.7 Å². The van der Waals surface area contributed by atoms with E-state index in [0.29, 0.717) is 12.2 Å². The summed E-state index contributed by atoms with van der Waals surface area (Å²) in [6.07, 6.45) is 7.76. The number of carboxylic acid groups (broad SMARTS) is 2. The molecule has 10 heteroatoms. The largest absolute Gasteiger partial charge is 0.545 e. The van der Waals surface area contributed by atoms with Crippen LogP contribution in [-0.2, 0) is 16.1 Å². The molecule has 4 heterocycles. The Labute approximate surface area is 225 Å². The van der Waals surface area contributed by atoms with Crippen molar-refractivity contribution in [2.45, 2.75) is 38.8 Å². The molecule has 1 aromatic heterocycles. The number of para-hydroxylation sites is 1. The molecule has 2 N–H and O–H groups in total. The van der Waals surface area contributed by atoms with Crippen LogP contribution in [0.2, 0.25) is 0 Å². The molecule has 0 radical (unpaired) electrons. The van der Waals surface area contributed by atoms with Crippen molar-refractivity contribution in [2.75, 3.05) is 26.7 Å². The van der Waals surface area contributed by atoms with Crippen molar-refractivity contribution < 1.29 is 38.7 Å². The van der Waals surface area contributed by atoms with Gasteiger partial charge in [0.2, 0.25) is 5.52 Å². The molecule has 1 fully saturated rings. The number of aliphatic carboxylic acids is 2. The second kappa shape index (κ2) is 10.5. The van der Waals surface area contributed by atoms with Crippen molar-refractivity contribution in [3.05, 3.63) is 48.1 Å². The number of fused-ring (bicyclic) bond motifs is 4. The van der Waals surface area contributed by atoms with Gasteiger partial charge in [-0.1, -0.05) is 6.07 Å². The predicted octanol–water partition coefficient (Wildman–Crippen LogP) is 2.89. The molecular weight excluding hydrogens is 502 g/mol. The van der Waals surface area contributed by atoms with Crippen molar-refractivity contribution in [1.82, 2.24) is 10.00 Å². The predicted molar refractivity (Wildman–Crippen MR) is 142 cm³/mol. The topological polar surface area (TPSA) is 128 Å². The number of H-pyrrole nitrogens is 1. The summed E-state index contributed by atoms with van der Waals surface area (Å²) >= 11 is 0. The van der Waals surface area contributed by atoms with Gasteiger partial charge in [0, 0.05) is 6.08 Å². The van der Waals surface area contributed by atoms with Crippen molar-refractivity contribution in [3.63, 3.8) is 0 Å². The lowest BCUT2D eigenvalue weighted by molar-refractivity contribution is -0.725. The van der Waals surface area contributed by atoms with Gasteiger partial charge >= 0.3 is 5.97 Å². The summed E-state index contributed by atoms with van der Waals surface area (Å²) in [5.41, 5.74) is 3.85. The van der Waals surface area contributed by atoms with Gasteiger partial charge in [-0.15, -0.1) is 4.68 Å². The highest BCUT2D eigenvalue weighted by Crippen LogP contribution is 2.53. The van der Waals surface area contributed by atoms with Crippen LogP contribution in [0, 0.1) is 0 Å². The fourth-order valence-electron chi connectivity index (χ4n) is 5.13. The molecule has 3 aliphatic rings. The quantitative estimate of drug-likeness (QED) is 0.286. The van der Waals surface area contributed by atoms with Crippen LogP contribution in [0.5, 0.6) is 23.0 Å². The van der Waals surface area contributed by atoms with Gasteiger partial charge in [0.1, 0.15) is 22.4 Å². The first-order valence-corrected chi connectivity index (χ1v) is 12.9. The SMILES string of the molecule is COc1cccc2c1Oc1c3c(cc4c1c-2[nH][n+]4CCN1CCCC1)OC(C)(C)C=C3.O=C([O-])/C=C/C(=O)O. The zero-order valence-corrected chi connectivity index (χ0v) is 22.2. The van der Waals surface area contributed by atoms with Gasteiger partial charge in [-0.3, -0.25) is 4.90 Å². The fourth-order valence-corrected chi connectivity index (χ4v) is 5.13. The smallest absolute Gasteiger partial charge is 0.328 e. The van der Waals surface area contributed by atoms with Gasteiger partial charge in [-0.2, -0.15) is 5.10 Å². The Morgan fingerprint density at radius 1 is 1.23 bits per heavy atom. The van der Waals surface area contributed by atoms with Crippen molar-refractivity contribution in [2.24, 2.45) is 0 Å². The summed E-state index contributed by atoms with van der Waals surface area (Å²) in [4.78, 5) is 21.5. The number of likely N-dealkylation sites (tertiary alicyclic amines) is 1. The molecule has 0 saturated carbocycles. The molecule has 3 aliphatic heterocycles. The number of ether oxygens (including phenoxy) is 3. The lowest BCUT2D eigenvalue weighted by Crippen LogP contribution is -2.41. The summed E-state index contributed by atoms with van der Waals surface area (Å²) in [6.45, 7) is 8.46. The minimum Gasteiger partial charge on any atom is -0.545 e. The van der Waals surface area contributed by atoms with Gasteiger partial charge in [-0.05, 0) is 70.1 Å². The first kappa shape index (κ1) is 26.3. The van der Waals surface area contributed by atoms with Crippen molar-refractivity contribution in [1.29, 1.82) is 0 Å². The zero-order valence-electron chi connectivity index (χ0n) is 22.2. The summed E-state index contributed by atoms with van der Waals surface area (Å²) in [6, 6.07) is 8.21. The van der Waals surface area contributed by atoms with E-state index in [2.05, 4.69) is 52.8 Å². The highest BCUT2D eigenvalue weighted by atomic mass is 16.5. The molecule has 3 aromatic rings. The summed E-state index contributed by atoms with van der Waals surface area (Å²) in [7, 11) is 1.68. The van der Waals surface area contributed by atoms with Gasteiger partial charge in [0.15, 0.2) is 23.8 Å². The Morgan fingerprint density at radius 3 is 2.67 bits per heavy atom. The van der Waals surface area contributed by atoms with Crippen LogP contribution in [-0.4, -0.2) is 59.4 Å². The number of carbonyl (C=O) groups excluding carboxylic acids is 1. The third-order valence-electron chi connectivity index (χ3n) is 6.95. The second-order valence-corrected chi connectivity index (χ2v) is 10.2. The molecule has 0 amide bonds. The monoisotopic (exact) mass is 533 g/mol. The highest BCUT2D eigenvalue weighted by Gasteiger charge is 2.36. The average molecular weight is 534 g/mol. The number of carboxylic acids is 2. The lowest BCUT2D eigenvalue weighted by Gasteiger charge is -2.29. The first-order chi connectivity index (χ1) is 18.7. The molecule has 0 atom stereocenters. The van der Waals surface area contributed by atoms with E-state index in [1.165, 1.54) is 25.9 Å². The maximum atomic E-state index is 9.53. The van der Waals surface area contributed by atoms with Crippen LogP contribution >= 0.6 is 0 Å². The van der Waals surface area contributed by atoms with Crippen LogP contribution in [0.15, 0.2) is 42.5 Å². The van der Waals surface area contributed by atoms with Crippen LogP contribution < -0.4 is 24.0 Å². The number of methoxy groups -OCH3 is 1. The third kappa shape index (κ3) is 5.33. The van der Waals surface area contributed by atoms with E-state index in [1.807, 2.05) is 12.1 Å². The van der Waals surface area contributed by atoms with E-state index in [0.717, 1.165) is 63.8 Å². The molecule has 10 nitrogen and oxygen atoms in total. The zero-order chi connectivity index (χ0) is 27.7. The van der Waals surface area contributed by atoms with Crippen molar-refractivity contribution >= 4 is 28.9 Å². The third-order valence-corrected chi connectivity index (χ3v) is 6.95. The Morgan fingerprint density at radius 2 is 2.00 bits per heavy atom. The average Bonchev–Trinajstić information content (AvgIpc) is 3.54. The number of carbonyl (C=O) groups is 2. The maximum Gasteiger partial charge on any atom is 0.328 e. The number of nitrogens with zero attached hydrogens (tertiary/aromatic N) is 2. The van der Waals surface area contributed by atoms with Gasteiger partial charge in [-0.25, -0.2) is 4.79 Å². The molecular formula is C29H31N3O7. The number of aromatic nitrogens is 2. The molecule has 39 heavy (non-hydrogen) atoms.